The van der Waals surface area contributed by atoms with Crippen LogP contribution < -0.4 is 15.4 Å². The Labute approximate surface area is 158 Å². The van der Waals surface area contributed by atoms with E-state index in [-0.39, 0.29) is 12.3 Å². The maximum atomic E-state index is 12.1. The predicted molar refractivity (Wildman–Crippen MR) is 104 cm³/mol. The number of anilines is 1. The van der Waals surface area contributed by atoms with Crippen LogP contribution >= 0.6 is 0 Å². The summed E-state index contributed by atoms with van der Waals surface area (Å²) >= 11 is 0. The van der Waals surface area contributed by atoms with Gasteiger partial charge in [0.2, 0.25) is 5.91 Å². The fourth-order valence-electron chi connectivity index (χ4n) is 2.74. The van der Waals surface area contributed by atoms with E-state index in [4.69, 9.17) is 4.74 Å². The lowest BCUT2D eigenvalue weighted by Gasteiger charge is -2.11. The van der Waals surface area contributed by atoms with Gasteiger partial charge in [0.05, 0.1) is 13.5 Å². The molecular formula is C20H23N5O2. The number of aromatic nitrogens is 3. The summed E-state index contributed by atoms with van der Waals surface area (Å²) < 4.78 is 7.20. The Balaban J connectivity index is 1.49. The average Bonchev–Trinajstić information content (AvgIpc) is 3.20. The Morgan fingerprint density at radius 2 is 1.89 bits per heavy atom. The largest absolute Gasteiger partial charge is 0.496 e. The summed E-state index contributed by atoms with van der Waals surface area (Å²) in [6.07, 6.45) is 4.15. The number of nitrogens with one attached hydrogen (secondary N) is 2. The van der Waals surface area contributed by atoms with Gasteiger partial charge < -0.3 is 19.9 Å². The Bertz CT molecular complexity index is 893. The normalized spacial score (nSPS) is 10.4. The summed E-state index contributed by atoms with van der Waals surface area (Å²) in [6, 6.07) is 13.3. The second-order valence-corrected chi connectivity index (χ2v) is 6.01. The van der Waals surface area contributed by atoms with Gasteiger partial charge >= 0.3 is 0 Å². The van der Waals surface area contributed by atoms with Gasteiger partial charge in [-0.3, -0.25) is 4.79 Å². The molecule has 0 radical (unpaired) electrons. The topological polar surface area (TPSA) is 81.1 Å². The summed E-state index contributed by atoms with van der Waals surface area (Å²) in [6.45, 7) is 2.92. The number of carbonyl (C=O) groups is 1. The fourth-order valence-corrected chi connectivity index (χ4v) is 2.74. The molecule has 1 amide bonds. The monoisotopic (exact) mass is 365 g/mol. The summed E-state index contributed by atoms with van der Waals surface area (Å²) in [7, 11) is 1.60. The van der Waals surface area contributed by atoms with Crippen molar-refractivity contribution in [2.75, 3.05) is 25.5 Å². The molecule has 0 bridgehead atoms. The quantitative estimate of drug-likeness (QED) is 0.599. The average molecular weight is 365 g/mol. The number of ether oxygens (including phenoxy) is 1. The maximum absolute atomic E-state index is 12.1. The van der Waals surface area contributed by atoms with Gasteiger partial charge in [-0.1, -0.05) is 18.2 Å². The summed E-state index contributed by atoms with van der Waals surface area (Å²) in [5.41, 5.74) is 0.869. The van der Waals surface area contributed by atoms with Gasteiger partial charge in [0.1, 0.15) is 23.2 Å². The molecule has 3 rings (SSSR count). The van der Waals surface area contributed by atoms with E-state index >= 15 is 0 Å². The zero-order valence-electron chi connectivity index (χ0n) is 15.5. The number of para-hydroxylation sites is 1. The number of benzene rings is 1. The van der Waals surface area contributed by atoms with Crippen molar-refractivity contribution in [1.29, 1.82) is 0 Å². The van der Waals surface area contributed by atoms with Crippen LogP contribution in [0, 0.1) is 6.92 Å². The molecule has 7 nitrogen and oxygen atoms in total. The Morgan fingerprint density at radius 1 is 1.11 bits per heavy atom. The maximum Gasteiger partial charge on any atom is 0.224 e. The van der Waals surface area contributed by atoms with E-state index in [2.05, 4.69) is 20.6 Å². The molecule has 7 heteroatoms. The number of hydrogen-bond acceptors (Lipinski definition) is 5. The molecule has 0 aliphatic carbocycles. The molecule has 2 aromatic heterocycles. The molecule has 140 valence electrons. The molecule has 0 atom stereocenters. The van der Waals surface area contributed by atoms with Gasteiger partial charge in [0.25, 0.3) is 0 Å². The zero-order valence-corrected chi connectivity index (χ0v) is 15.5. The fraction of sp³-hybridized carbons (Fsp3) is 0.250. The second-order valence-electron chi connectivity index (χ2n) is 6.01. The molecule has 0 saturated heterocycles. The van der Waals surface area contributed by atoms with Gasteiger partial charge in [-0.05, 0) is 25.1 Å². The summed E-state index contributed by atoms with van der Waals surface area (Å²) in [5, 5.41) is 6.13. The number of aryl methyl sites for hydroxylation is 1. The first-order valence-corrected chi connectivity index (χ1v) is 8.77. The van der Waals surface area contributed by atoms with E-state index in [1.807, 2.05) is 66.3 Å². The number of methoxy groups -OCH3 is 1. The molecule has 0 aliphatic heterocycles. The van der Waals surface area contributed by atoms with Crippen molar-refractivity contribution >= 4 is 11.7 Å². The lowest BCUT2D eigenvalue weighted by Crippen LogP contribution is -2.30. The SMILES string of the molecule is COc1ccccc1CC(=O)NCCNc1cc(-n2cccc2)nc(C)n1. The van der Waals surface area contributed by atoms with Gasteiger partial charge in [-0.15, -0.1) is 0 Å². The molecular weight excluding hydrogens is 342 g/mol. The molecule has 0 spiro atoms. The van der Waals surface area contributed by atoms with Crippen molar-refractivity contribution in [2.45, 2.75) is 13.3 Å². The van der Waals surface area contributed by atoms with Crippen LogP contribution in [0.25, 0.3) is 5.82 Å². The zero-order chi connectivity index (χ0) is 19.1. The highest BCUT2D eigenvalue weighted by molar-refractivity contribution is 5.79. The van der Waals surface area contributed by atoms with Gasteiger partial charge in [0.15, 0.2) is 0 Å². The van der Waals surface area contributed by atoms with Crippen LogP contribution in [0.4, 0.5) is 5.82 Å². The molecule has 0 aliphatic rings. The van der Waals surface area contributed by atoms with Crippen LogP contribution in [0.3, 0.4) is 0 Å². The lowest BCUT2D eigenvalue weighted by atomic mass is 10.1. The minimum Gasteiger partial charge on any atom is -0.496 e. The molecule has 27 heavy (non-hydrogen) atoms. The lowest BCUT2D eigenvalue weighted by molar-refractivity contribution is -0.120. The molecule has 2 heterocycles. The first-order chi connectivity index (χ1) is 13.2. The van der Waals surface area contributed by atoms with Crippen LogP contribution in [-0.4, -0.2) is 40.6 Å². The predicted octanol–water partition coefficient (Wildman–Crippen LogP) is 2.36. The van der Waals surface area contributed by atoms with Crippen LogP contribution in [-0.2, 0) is 11.2 Å². The van der Waals surface area contributed by atoms with Crippen LogP contribution in [0.1, 0.15) is 11.4 Å². The van der Waals surface area contributed by atoms with Crippen LogP contribution in [0.5, 0.6) is 5.75 Å². The van der Waals surface area contributed by atoms with Crippen LogP contribution in [0.2, 0.25) is 0 Å². The van der Waals surface area contributed by atoms with E-state index in [0.29, 0.717) is 18.9 Å². The van der Waals surface area contributed by atoms with E-state index in [9.17, 15) is 4.79 Å². The Kier molecular flexibility index (Phi) is 6.04. The van der Waals surface area contributed by atoms with Crippen molar-refractivity contribution in [1.82, 2.24) is 19.9 Å². The molecule has 1 aromatic carbocycles. The minimum absolute atomic E-state index is 0.0480. The Hall–Kier alpha value is -3.35. The smallest absolute Gasteiger partial charge is 0.224 e. The third-order valence-corrected chi connectivity index (χ3v) is 3.99. The number of nitrogens with zero attached hydrogens (tertiary/aromatic N) is 3. The van der Waals surface area contributed by atoms with Crippen molar-refractivity contribution in [3.8, 4) is 11.6 Å². The Morgan fingerprint density at radius 3 is 2.67 bits per heavy atom. The standard InChI is InChI=1S/C20H23N5O2/c1-15-23-18(14-19(24-15)25-11-5-6-12-25)21-9-10-22-20(26)13-16-7-3-4-8-17(16)27-2/h3-8,11-12,14H,9-10,13H2,1-2H3,(H,22,26)(H,21,23,24). The molecule has 0 unspecified atom stereocenters. The first-order valence-electron chi connectivity index (χ1n) is 8.77. The third kappa shape index (κ3) is 5.07. The summed E-state index contributed by atoms with van der Waals surface area (Å²) in [4.78, 5) is 20.9. The van der Waals surface area contributed by atoms with E-state index < -0.39 is 0 Å². The number of rotatable bonds is 8. The third-order valence-electron chi connectivity index (χ3n) is 3.99. The highest BCUT2D eigenvalue weighted by atomic mass is 16.5. The van der Waals surface area contributed by atoms with Gasteiger partial charge in [-0.25, -0.2) is 9.97 Å². The number of hydrogen-bond donors (Lipinski definition) is 2. The van der Waals surface area contributed by atoms with Gasteiger partial charge in [-0.2, -0.15) is 0 Å². The number of amides is 1. The molecule has 0 saturated carbocycles. The summed E-state index contributed by atoms with van der Waals surface area (Å²) in [5.74, 6) is 2.89. The first kappa shape index (κ1) is 18.4. The molecule has 0 fully saturated rings. The number of carbonyl (C=O) groups excluding carboxylic acids is 1. The van der Waals surface area contributed by atoms with Crippen molar-refractivity contribution in [2.24, 2.45) is 0 Å². The van der Waals surface area contributed by atoms with Crippen molar-refractivity contribution < 1.29 is 9.53 Å². The highest BCUT2D eigenvalue weighted by Crippen LogP contribution is 2.17. The molecule has 2 N–H and O–H groups in total. The van der Waals surface area contributed by atoms with Gasteiger partial charge in [0, 0.05) is 37.1 Å². The van der Waals surface area contributed by atoms with Crippen LogP contribution in [0.15, 0.2) is 54.9 Å². The van der Waals surface area contributed by atoms with E-state index in [1.54, 1.807) is 7.11 Å². The second kappa shape index (κ2) is 8.84. The van der Waals surface area contributed by atoms with Crippen molar-refractivity contribution in [3.05, 3.63) is 66.2 Å². The van der Waals surface area contributed by atoms with Crippen molar-refractivity contribution in [3.63, 3.8) is 0 Å². The van der Waals surface area contributed by atoms with E-state index in [0.717, 1.165) is 22.9 Å². The van der Waals surface area contributed by atoms with E-state index in [1.165, 1.54) is 0 Å². The highest BCUT2D eigenvalue weighted by Gasteiger charge is 2.08. The minimum atomic E-state index is -0.0480. The molecule has 3 aromatic rings.